The highest BCUT2D eigenvalue weighted by Crippen LogP contribution is 2.40. The van der Waals surface area contributed by atoms with Crippen molar-refractivity contribution in [3.8, 4) is 0 Å². The average molecular weight is 222 g/mol. The van der Waals surface area contributed by atoms with E-state index in [9.17, 15) is 9.18 Å². The van der Waals surface area contributed by atoms with Crippen molar-refractivity contribution >= 4 is 5.91 Å². The van der Waals surface area contributed by atoms with Crippen LogP contribution >= 0.6 is 0 Å². The van der Waals surface area contributed by atoms with Crippen LogP contribution in [-0.2, 0) is 4.79 Å². The number of nitrogens with two attached hydrogens (primary N) is 1. The van der Waals surface area contributed by atoms with E-state index in [-0.39, 0.29) is 23.7 Å². The predicted octanol–water partition coefficient (Wildman–Crippen LogP) is 1.15. The molecule has 0 bridgehead atoms. The molecule has 0 spiro atoms. The third kappa shape index (κ3) is 2.39. The Kier molecular flexibility index (Phi) is 2.92. The summed E-state index contributed by atoms with van der Waals surface area (Å²) >= 11 is 0. The van der Waals surface area contributed by atoms with Gasteiger partial charge in [-0.25, -0.2) is 4.39 Å². The van der Waals surface area contributed by atoms with Crippen LogP contribution in [0.2, 0.25) is 0 Å². The maximum Gasteiger partial charge on any atom is 0.236 e. The summed E-state index contributed by atoms with van der Waals surface area (Å²) in [6, 6.07) is 6.12. The Hall–Kier alpha value is -1.42. The molecule has 3 nitrogen and oxygen atoms in total. The summed E-state index contributed by atoms with van der Waals surface area (Å²) in [5.74, 6) is -0.149. The zero-order valence-electron chi connectivity index (χ0n) is 9.11. The minimum atomic E-state index is -0.492. The molecule has 0 heterocycles. The highest BCUT2D eigenvalue weighted by Gasteiger charge is 2.39. The fraction of sp³-hybridized carbons (Fsp3) is 0.417. The van der Waals surface area contributed by atoms with Crippen LogP contribution in [-0.4, -0.2) is 18.0 Å². The van der Waals surface area contributed by atoms with E-state index in [1.165, 1.54) is 12.1 Å². The monoisotopic (exact) mass is 222 g/mol. The molecule has 1 aromatic carbocycles. The molecule has 0 saturated heterocycles. The van der Waals surface area contributed by atoms with Gasteiger partial charge in [0.1, 0.15) is 5.82 Å². The molecule has 0 aliphatic heterocycles. The van der Waals surface area contributed by atoms with Gasteiger partial charge in [-0.15, -0.1) is 0 Å². The summed E-state index contributed by atoms with van der Waals surface area (Å²) < 4.78 is 13.0. The molecular weight excluding hydrogens is 207 g/mol. The Balaban J connectivity index is 1.94. The Morgan fingerprint density at radius 1 is 1.62 bits per heavy atom. The van der Waals surface area contributed by atoms with Gasteiger partial charge >= 0.3 is 0 Å². The number of halogens is 1. The second kappa shape index (κ2) is 4.22. The van der Waals surface area contributed by atoms with Crippen LogP contribution < -0.4 is 11.1 Å². The van der Waals surface area contributed by atoms with E-state index in [2.05, 4.69) is 5.32 Å². The van der Waals surface area contributed by atoms with Crippen molar-refractivity contribution in [1.82, 2.24) is 5.32 Å². The summed E-state index contributed by atoms with van der Waals surface area (Å²) in [4.78, 5) is 11.3. The van der Waals surface area contributed by atoms with Gasteiger partial charge in [-0.1, -0.05) is 12.1 Å². The third-order valence-corrected chi connectivity index (χ3v) is 2.81. The maximum atomic E-state index is 13.0. The normalized spacial score (nSPS) is 24.9. The number of carbonyl (C=O) groups is 1. The molecule has 16 heavy (non-hydrogen) atoms. The standard InChI is InChI=1S/C12H15FN2O/c1-7(14)12(16)15-11-6-10(11)8-3-2-4-9(13)5-8/h2-5,7,10-11H,6,14H2,1H3,(H,15,16)/t7-,10?,11?/m1/s1. The molecule has 3 N–H and O–H groups in total. The van der Waals surface area contributed by atoms with Gasteiger partial charge in [0.25, 0.3) is 0 Å². The Morgan fingerprint density at radius 3 is 3.00 bits per heavy atom. The van der Waals surface area contributed by atoms with Crippen LogP contribution in [0.4, 0.5) is 4.39 Å². The van der Waals surface area contributed by atoms with Crippen molar-refractivity contribution in [3.05, 3.63) is 35.6 Å². The minimum Gasteiger partial charge on any atom is -0.351 e. The van der Waals surface area contributed by atoms with E-state index >= 15 is 0 Å². The lowest BCUT2D eigenvalue weighted by Crippen LogP contribution is -2.39. The first-order chi connectivity index (χ1) is 7.58. The Bertz CT molecular complexity index is 406. The van der Waals surface area contributed by atoms with Crippen LogP contribution in [0.5, 0.6) is 0 Å². The van der Waals surface area contributed by atoms with Gasteiger partial charge in [-0.2, -0.15) is 0 Å². The van der Waals surface area contributed by atoms with E-state index in [1.54, 1.807) is 13.0 Å². The van der Waals surface area contributed by atoms with Crippen molar-refractivity contribution in [3.63, 3.8) is 0 Å². The molecule has 1 fully saturated rings. The van der Waals surface area contributed by atoms with Crippen LogP contribution in [0.25, 0.3) is 0 Å². The van der Waals surface area contributed by atoms with Crippen LogP contribution in [0.15, 0.2) is 24.3 Å². The van der Waals surface area contributed by atoms with Gasteiger partial charge in [-0.3, -0.25) is 4.79 Å². The van der Waals surface area contributed by atoms with Crippen molar-refractivity contribution in [1.29, 1.82) is 0 Å². The number of carbonyl (C=O) groups excluding carboxylic acids is 1. The molecule has 1 amide bonds. The lowest BCUT2D eigenvalue weighted by Gasteiger charge is -2.07. The lowest BCUT2D eigenvalue weighted by molar-refractivity contribution is -0.122. The fourth-order valence-electron chi connectivity index (χ4n) is 1.77. The Labute approximate surface area is 93.8 Å². The quantitative estimate of drug-likeness (QED) is 0.806. The summed E-state index contributed by atoms with van der Waals surface area (Å²) in [7, 11) is 0. The summed E-state index contributed by atoms with van der Waals surface area (Å²) in [6.45, 7) is 1.65. The second-order valence-electron chi connectivity index (χ2n) is 4.30. The summed E-state index contributed by atoms with van der Waals surface area (Å²) in [5, 5.41) is 2.83. The molecule has 1 aromatic rings. The average Bonchev–Trinajstić information content (AvgIpc) is 2.97. The molecule has 2 unspecified atom stereocenters. The fourth-order valence-corrected chi connectivity index (χ4v) is 1.77. The maximum absolute atomic E-state index is 13.0. The number of benzene rings is 1. The first-order valence-corrected chi connectivity index (χ1v) is 5.39. The van der Waals surface area contributed by atoms with E-state index in [0.717, 1.165) is 12.0 Å². The van der Waals surface area contributed by atoms with E-state index < -0.39 is 6.04 Å². The molecule has 1 aliphatic rings. The number of amides is 1. The number of rotatable bonds is 3. The van der Waals surface area contributed by atoms with Crippen LogP contribution in [0.1, 0.15) is 24.8 Å². The van der Waals surface area contributed by atoms with Gasteiger partial charge in [-0.05, 0) is 31.0 Å². The molecule has 0 aromatic heterocycles. The zero-order valence-corrected chi connectivity index (χ0v) is 9.11. The number of hydrogen-bond donors (Lipinski definition) is 2. The SMILES string of the molecule is C[C@@H](N)C(=O)NC1CC1c1cccc(F)c1. The third-order valence-electron chi connectivity index (χ3n) is 2.81. The van der Waals surface area contributed by atoms with Gasteiger partial charge in [0.05, 0.1) is 6.04 Å². The smallest absolute Gasteiger partial charge is 0.236 e. The molecule has 4 heteroatoms. The predicted molar refractivity (Wildman–Crippen MR) is 59.3 cm³/mol. The van der Waals surface area contributed by atoms with Crippen molar-refractivity contribution < 1.29 is 9.18 Å². The van der Waals surface area contributed by atoms with Gasteiger partial charge in [0.15, 0.2) is 0 Å². The molecular formula is C12H15FN2O. The first-order valence-electron chi connectivity index (χ1n) is 5.39. The highest BCUT2D eigenvalue weighted by atomic mass is 19.1. The van der Waals surface area contributed by atoms with E-state index in [0.29, 0.717) is 0 Å². The highest BCUT2D eigenvalue weighted by molar-refractivity contribution is 5.81. The summed E-state index contributed by atoms with van der Waals surface area (Å²) in [5.41, 5.74) is 6.39. The molecule has 3 atom stereocenters. The van der Waals surface area contributed by atoms with Gasteiger partial charge in [0, 0.05) is 12.0 Å². The van der Waals surface area contributed by atoms with E-state index in [4.69, 9.17) is 5.73 Å². The Morgan fingerprint density at radius 2 is 2.38 bits per heavy atom. The summed E-state index contributed by atoms with van der Waals surface area (Å²) in [6.07, 6.45) is 0.863. The molecule has 0 radical (unpaired) electrons. The second-order valence-corrected chi connectivity index (χ2v) is 4.30. The van der Waals surface area contributed by atoms with Gasteiger partial charge in [0.2, 0.25) is 5.91 Å². The lowest BCUT2D eigenvalue weighted by atomic mass is 10.1. The molecule has 86 valence electrons. The van der Waals surface area contributed by atoms with Crippen molar-refractivity contribution in [2.24, 2.45) is 5.73 Å². The zero-order chi connectivity index (χ0) is 11.7. The van der Waals surface area contributed by atoms with Crippen molar-refractivity contribution in [2.75, 3.05) is 0 Å². The van der Waals surface area contributed by atoms with E-state index in [1.807, 2.05) is 6.07 Å². The minimum absolute atomic E-state index is 0.111. The molecule has 1 aliphatic carbocycles. The molecule has 1 saturated carbocycles. The number of nitrogens with one attached hydrogen (secondary N) is 1. The van der Waals surface area contributed by atoms with Gasteiger partial charge < -0.3 is 11.1 Å². The topological polar surface area (TPSA) is 55.1 Å². The molecule has 2 rings (SSSR count). The number of hydrogen-bond acceptors (Lipinski definition) is 2. The van der Waals surface area contributed by atoms with Crippen molar-refractivity contribution in [2.45, 2.75) is 31.3 Å². The van der Waals surface area contributed by atoms with Crippen LogP contribution in [0.3, 0.4) is 0 Å². The largest absolute Gasteiger partial charge is 0.351 e. The van der Waals surface area contributed by atoms with Crippen LogP contribution in [0, 0.1) is 5.82 Å². The first kappa shape index (κ1) is 11.1.